The molecule has 4 heterocycles. The number of aromatic nitrogens is 2. The molecular weight excluding hydrogens is 710 g/mol. The topological polar surface area (TPSA) is 53.6 Å². The van der Waals surface area contributed by atoms with Crippen LogP contribution in [0.2, 0.25) is 5.04 Å². The summed E-state index contributed by atoms with van der Waals surface area (Å²) < 4.78 is 59.8. The first-order valence-corrected chi connectivity index (χ1v) is 21.5. The molecule has 0 unspecified atom stereocenters. The lowest BCUT2D eigenvalue weighted by atomic mass is 9.91. The molecule has 282 valence electrons. The number of halogens is 3. The van der Waals surface area contributed by atoms with Gasteiger partial charge >= 0.3 is 0 Å². The molecule has 1 fully saturated rings. The van der Waals surface area contributed by atoms with Crippen LogP contribution in [0.4, 0.5) is 13.2 Å². The van der Waals surface area contributed by atoms with Gasteiger partial charge in [-0.3, -0.25) is 14.2 Å². The molecule has 53 heavy (non-hydrogen) atoms. The fraction of sp³-hybridized carbons (Fsp3) is 0.452. The molecule has 0 saturated carbocycles. The Morgan fingerprint density at radius 2 is 1.60 bits per heavy atom. The summed E-state index contributed by atoms with van der Waals surface area (Å²) in [4.78, 5) is 13.4. The van der Waals surface area contributed by atoms with Crippen molar-refractivity contribution < 1.29 is 22.3 Å². The van der Waals surface area contributed by atoms with Crippen LogP contribution < -0.4 is 15.1 Å². The van der Waals surface area contributed by atoms with E-state index in [1.165, 1.54) is 11.3 Å². The summed E-state index contributed by atoms with van der Waals surface area (Å²) in [6, 6.07) is 27.5. The van der Waals surface area contributed by atoms with E-state index in [0.717, 1.165) is 50.4 Å². The largest absolute Gasteiger partial charge is 0.465 e. The number of para-hydroxylation sites is 1. The van der Waals surface area contributed by atoms with Crippen molar-refractivity contribution in [3.05, 3.63) is 107 Å². The molecule has 1 N–H and O–H groups in total. The van der Waals surface area contributed by atoms with Crippen LogP contribution >= 0.6 is 11.3 Å². The van der Waals surface area contributed by atoms with Crippen molar-refractivity contribution in [1.82, 2.24) is 19.8 Å². The number of nitrogens with zero attached hydrogens (tertiary/aromatic N) is 3. The lowest BCUT2D eigenvalue weighted by molar-refractivity contribution is -0.0818. The Morgan fingerprint density at radius 3 is 2.26 bits per heavy atom. The van der Waals surface area contributed by atoms with Gasteiger partial charge in [-0.1, -0.05) is 111 Å². The van der Waals surface area contributed by atoms with Gasteiger partial charge in [-0.2, -0.15) is 0 Å². The summed E-state index contributed by atoms with van der Waals surface area (Å²) in [5, 5.41) is 3.17. The SMILES string of the molecule is C[C@@H]1[C@H](Oc2ncc([C@@H]3c4[nH]c5ccccc5c4C[C@@H](C)N3CC(F)(F)CO[Si](c3ccccc3)(c3ccccc3)C(C)(C)C)s2)CCN1CCCF. The van der Waals surface area contributed by atoms with E-state index in [9.17, 15) is 4.39 Å². The lowest BCUT2D eigenvalue weighted by Crippen LogP contribution is -2.67. The number of H-pyrrole nitrogens is 1. The van der Waals surface area contributed by atoms with Crippen molar-refractivity contribution >= 4 is 40.9 Å². The summed E-state index contributed by atoms with van der Waals surface area (Å²) in [6.07, 6.45) is 3.70. The van der Waals surface area contributed by atoms with Gasteiger partial charge in [-0.15, -0.1) is 0 Å². The predicted octanol–water partition coefficient (Wildman–Crippen LogP) is 8.37. The molecule has 6 nitrogen and oxygen atoms in total. The number of benzene rings is 3. The Hall–Kier alpha value is -3.48. The molecule has 0 bridgehead atoms. The highest BCUT2D eigenvalue weighted by molar-refractivity contribution is 7.13. The number of hydrogen-bond acceptors (Lipinski definition) is 6. The first kappa shape index (κ1) is 37.8. The zero-order valence-corrected chi connectivity index (χ0v) is 33.1. The predicted molar refractivity (Wildman–Crippen MR) is 211 cm³/mol. The molecule has 0 amide bonds. The van der Waals surface area contributed by atoms with Crippen molar-refractivity contribution in [2.45, 2.75) is 89.1 Å². The Bertz CT molecular complexity index is 1930. The third-order valence-corrected chi connectivity index (χ3v) is 17.2. The van der Waals surface area contributed by atoms with Gasteiger partial charge in [0.1, 0.15) is 6.10 Å². The Morgan fingerprint density at radius 1 is 0.943 bits per heavy atom. The van der Waals surface area contributed by atoms with Crippen LogP contribution in [0.15, 0.2) is 91.1 Å². The number of likely N-dealkylation sites (tertiary alicyclic amines) is 1. The number of thiazole rings is 1. The van der Waals surface area contributed by atoms with Crippen molar-refractivity contribution in [1.29, 1.82) is 0 Å². The average molecular weight is 761 g/mol. The molecule has 4 atom stereocenters. The van der Waals surface area contributed by atoms with Gasteiger partial charge < -0.3 is 14.1 Å². The second-order valence-corrected chi connectivity index (χ2v) is 21.1. The molecule has 2 aromatic heterocycles. The average Bonchev–Trinajstić information content (AvgIpc) is 3.85. The zero-order valence-electron chi connectivity index (χ0n) is 31.3. The number of fused-ring (bicyclic) bond motifs is 3. The molecule has 11 heteroatoms. The highest BCUT2D eigenvalue weighted by Gasteiger charge is 2.52. The van der Waals surface area contributed by atoms with Crippen LogP contribution in [0.5, 0.6) is 5.19 Å². The maximum atomic E-state index is 16.8. The maximum absolute atomic E-state index is 16.8. The minimum atomic E-state index is -3.19. The van der Waals surface area contributed by atoms with E-state index in [4.69, 9.17) is 14.1 Å². The van der Waals surface area contributed by atoms with Crippen LogP contribution in [-0.4, -0.2) is 85.1 Å². The molecule has 2 aliphatic heterocycles. The van der Waals surface area contributed by atoms with E-state index >= 15 is 8.78 Å². The van der Waals surface area contributed by atoms with Crippen molar-refractivity contribution in [2.75, 3.05) is 32.9 Å². The second kappa shape index (κ2) is 15.3. The van der Waals surface area contributed by atoms with E-state index in [1.54, 1.807) is 6.20 Å². The minimum Gasteiger partial charge on any atom is -0.465 e. The van der Waals surface area contributed by atoms with Gasteiger partial charge in [0.2, 0.25) is 0 Å². The van der Waals surface area contributed by atoms with Crippen molar-refractivity contribution in [2.24, 2.45) is 0 Å². The van der Waals surface area contributed by atoms with Gasteiger partial charge in [0.25, 0.3) is 19.4 Å². The Labute approximate surface area is 316 Å². The molecule has 7 rings (SSSR count). The van der Waals surface area contributed by atoms with E-state index < -0.39 is 38.5 Å². The third-order valence-electron chi connectivity index (χ3n) is 11.3. The number of hydrogen-bond donors (Lipinski definition) is 1. The third kappa shape index (κ3) is 7.47. The van der Waals surface area contributed by atoms with Gasteiger partial charge in [0.15, 0.2) is 0 Å². The van der Waals surface area contributed by atoms with Crippen molar-refractivity contribution in [3.8, 4) is 5.19 Å². The van der Waals surface area contributed by atoms with Crippen LogP contribution in [0.1, 0.15) is 69.6 Å². The zero-order chi connectivity index (χ0) is 37.4. The highest BCUT2D eigenvalue weighted by Crippen LogP contribution is 2.45. The van der Waals surface area contributed by atoms with Gasteiger partial charge in [-0.05, 0) is 60.2 Å². The first-order valence-electron chi connectivity index (χ1n) is 18.8. The molecule has 3 aromatic carbocycles. The molecule has 2 aliphatic rings. The molecular formula is C42H51F3N4O2SSi. The molecule has 0 aliphatic carbocycles. The first-order chi connectivity index (χ1) is 25.4. The maximum Gasteiger partial charge on any atom is 0.282 e. The van der Waals surface area contributed by atoms with Crippen LogP contribution in [-0.2, 0) is 10.8 Å². The van der Waals surface area contributed by atoms with Crippen LogP contribution in [0, 0.1) is 0 Å². The molecule has 5 aromatic rings. The summed E-state index contributed by atoms with van der Waals surface area (Å²) >= 11 is 1.43. The fourth-order valence-corrected chi connectivity index (χ4v) is 14.2. The number of aromatic amines is 1. The monoisotopic (exact) mass is 760 g/mol. The number of nitrogens with one attached hydrogen (secondary N) is 1. The number of alkyl halides is 3. The van der Waals surface area contributed by atoms with Gasteiger partial charge in [0, 0.05) is 48.0 Å². The fourth-order valence-electron chi connectivity index (χ4n) is 8.64. The summed E-state index contributed by atoms with van der Waals surface area (Å²) in [5.74, 6) is -3.17. The van der Waals surface area contributed by atoms with Gasteiger partial charge in [-0.25, -0.2) is 13.8 Å². The Kier molecular flexibility index (Phi) is 10.9. The smallest absolute Gasteiger partial charge is 0.282 e. The molecule has 0 spiro atoms. The summed E-state index contributed by atoms with van der Waals surface area (Å²) in [7, 11) is -3.19. The van der Waals surface area contributed by atoms with Crippen LogP contribution in [0.3, 0.4) is 0 Å². The van der Waals surface area contributed by atoms with Crippen molar-refractivity contribution in [3.63, 3.8) is 0 Å². The highest BCUT2D eigenvalue weighted by atomic mass is 32.1. The Balaban J connectivity index is 1.20. The minimum absolute atomic E-state index is 0.0680. The van der Waals surface area contributed by atoms with Crippen LogP contribution in [0.25, 0.3) is 10.9 Å². The lowest BCUT2D eigenvalue weighted by Gasteiger charge is -2.45. The number of ether oxygens (including phenoxy) is 1. The van der Waals surface area contributed by atoms with E-state index in [0.29, 0.717) is 24.6 Å². The summed E-state index contributed by atoms with van der Waals surface area (Å²) in [5.41, 5.74) is 3.08. The second-order valence-electron chi connectivity index (χ2n) is 15.8. The van der Waals surface area contributed by atoms with E-state index in [1.807, 2.05) is 90.7 Å². The normalized spacial score (nSPS) is 21.7. The standard InChI is InChI=1S/C42H51F3N4O2SSi/c1-29-25-34-33-19-12-13-20-35(33)47-38(34)39(37-26-46-40(52-37)51-36-21-24-48(30(36)2)23-14-22-43)49(29)27-42(44,45)28-50-53(41(3,4)5,31-15-8-6-9-16-31)32-17-10-7-11-18-32/h6-13,15-20,26,29-30,36,39,47H,14,21-25,27-28H2,1-5H3/t29-,30-,36-,39-/m1/s1. The molecule has 0 radical (unpaired) electrons. The summed E-state index contributed by atoms with van der Waals surface area (Å²) in [6.45, 7) is 10.5. The van der Waals surface area contributed by atoms with Gasteiger partial charge in [0.05, 0.1) is 30.7 Å². The van der Waals surface area contributed by atoms with E-state index in [2.05, 4.69) is 43.6 Å². The quantitative estimate of drug-likeness (QED) is 0.122. The number of rotatable bonds is 13. The van der Waals surface area contributed by atoms with E-state index in [-0.39, 0.29) is 24.9 Å². The molecule has 1 saturated heterocycles.